The first-order valence-electron chi connectivity index (χ1n) is 8.93. The molecule has 0 bridgehead atoms. The maximum atomic E-state index is 12.0. The Morgan fingerprint density at radius 2 is 1.82 bits per heavy atom. The number of alkyl halides is 1. The molecule has 1 aliphatic rings. The van der Waals surface area contributed by atoms with Crippen molar-refractivity contribution in [3.8, 4) is 34.1 Å². The van der Waals surface area contributed by atoms with Crippen LogP contribution in [0.25, 0.3) is 11.1 Å². The molecular formula is C21H24ClNO5. The van der Waals surface area contributed by atoms with Crippen LogP contribution in [-0.4, -0.2) is 40.2 Å². The summed E-state index contributed by atoms with van der Waals surface area (Å²) in [5.41, 5.74) is 3.89. The topological polar surface area (TPSA) is 66.0 Å². The summed E-state index contributed by atoms with van der Waals surface area (Å²) in [5.74, 6) is 2.16. The molecule has 1 N–H and O–H groups in total. The lowest BCUT2D eigenvalue weighted by Gasteiger charge is -2.21. The number of nitrogens with one attached hydrogen (secondary N) is 1. The largest absolute Gasteiger partial charge is 0.497 e. The monoisotopic (exact) mass is 405 g/mol. The Bertz CT molecular complexity index is 884. The Hall–Kier alpha value is -2.60. The Morgan fingerprint density at radius 3 is 2.43 bits per heavy atom. The summed E-state index contributed by atoms with van der Waals surface area (Å²) in [6.07, 6.45) is 1.42. The van der Waals surface area contributed by atoms with E-state index >= 15 is 0 Å². The van der Waals surface area contributed by atoms with E-state index < -0.39 is 0 Å². The summed E-state index contributed by atoms with van der Waals surface area (Å²) in [4.78, 5) is 12.0. The first kappa shape index (κ1) is 20.1. The van der Waals surface area contributed by atoms with Crippen molar-refractivity contribution in [2.45, 2.75) is 18.9 Å². The lowest BCUT2D eigenvalue weighted by Crippen LogP contribution is -2.29. The van der Waals surface area contributed by atoms with Crippen molar-refractivity contribution in [3.05, 3.63) is 35.4 Å². The maximum absolute atomic E-state index is 12.0. The predicted molar refractivity (Wildman–Crippen MR) is 108 cm³/mol. The molecule has 2 aromatic rings. The maximum Gasteiger partial charge on any atom is 0.235 e. The molecule has 6 nitrogen and oxygen atoms in total. The van der Waals surface area contributed by atoms with Crippen LogP contribution >= 0.6 is 11.6 Å². The zero-order chi connectivity index (χ0) is 20.3. The van der Waals surface area contributed by atoms with E-state index in [2.05, 4.69) is 5.32 Å². The number of methoxy groups -OCH3 is 4. The third-order valence-electron chi connectivity index (χ3n) is 4.97. The van der Waals surface area contributed by atoms with Gasteiger partial charge in [0, 0.05) is 5.56 Å². The van der Waals surface area contributed by atoms with Crippen molar-refractivity contribution in [1.29, 1.82) is 0 Å². The molecule has 0 heterocycles. The van der Waals surface area contributed by atoms with Crippen molar-refractivity contribution < 1.29 is 23.7 Å². The molecule has 0 unspecified atom stereocenters. The van der Waals surface area contributed by atoms with Crippen molar-refractivity contribution in [2.75, 3.05) is 34.3 Å². The fourth-order valence-electron chi connectivity index (χ4n) is 3.72. The van der Waals surface area contributed by atoms with Gasteiger partial charge >= 0.3 is 0 Å². The van der Waals surface area contributed by atoms with Crippen molar-refractivity contribution in [3.63, 3.8) is 0 Å². The third kappa shape index (κ3) is 3.56. The minimum atomic E-state index is -0.214. The second-order valence-corrected chi connectivity index (χ2v) is 6.69. The van der Waals surface area contributed by atoms with Gasteiger partial charge in [-0.3, -0.25) is 4.79 Å². The van der Waals surface area contributed by atoms with Gasteiger partial charge in [0.15, 0.2) is 11.5 Å². The zero-order valence-corrected chi connectivity index (χ0v) is 17.2. The van der Waals surface area contributed by atoms with Crippen LogP contribution in [0.3, 0.4) is 0 Å². The number of fused-ring (bicyclic) bond motifs is 3. The molecular weight excluding hydrogens is 382 g/mol. The number of carbonyl (C=O) groups is 1. The average Bonchev–Trinajstić information content (AvgIpc) is 2.88. The van der Waals surface area contributed by atoms with Gasteiger partial charge in [-0.1, -0.05) is 6.07 Å². The molecule has 1 amide bonds. The highest BCUT2D eigenvalue weighted by molar-refractivity contribution is 6.27. The number of rotatable bonds is 6. The first-order chi connectivity index (χ1) is 13.6. The van der Waals surface area contributed by atoms with Gasteiger partial charge in [-0.15, -0.1) is 11.6 Å². The molecule has 150 valence electrons. The van der Waals surface area contributed by atoms with Crippen LogP contribution in [-0.2, 0) is 11.2 Å². The molecule has 0 spiro atoms. The minimum absolute atomic E-state index is 0.0896. The van der Waals surface area contributed by atoms with Crippen LogP contribution in [0.4, 0.5) is 0 Å². The van der Waals surface area contributed by atoms with Crippen LogP contribution in [0.5, 0.6) is 23.0 Å². The molecule has 1 atom stereocenters. The van der Waals surface area contributed by atoms with E-state index in [9.17, 15) is 4.79 Å². The van der Waals surface area contributed by atoms with Gasteiger partial charge in [0.25, 0.3) is 0 Å². The summed E-state index contributed by atoms with van der Waals surface area (Å²) >= 11 is 5.72. The summed E-state index contributed by atoms with van der Waals surface area (Å²) in [7, 11) is 6.41. The number of halogens is 1. The van der Waals surface area contributed by atoms with Crippen LogP contribution < -0.4 is 24.3 Å². The van der Waals surface area contributed by atoms with Crippen molar-refractivity contribution in [1.82, 2.24) is 5.32 Å². The highest BCUT2D eigenvalue weighted by atomic mass is 35.5. The standard InChI is InChI=1S/C21H24ClNO5/c1-25-13-6-7-14-15(10-13)16(23-18(24)11-22)8-5-12-9-17(26-2)20(27-3)21(28-4)19(12)14/h6-7,9-10,16H,5,8,11H2,1-4H3,(H,23,24)/t16-/m0/s1. The lowest BCUT2D eigenvalue weighted by molar-refractivity contribution is -0.119. The fourth-order valence-corrected chi connectivity index (χ4v) is 3.80. The normalized spacial score (nSPS) is 15.0. The molecule has 0 fully saturated rings. The number of benzene rings is 2. The molecule has 0 radical (unpaired) electrons. The smallest absolute Gasteiger partial charge is 0.235 e. The van der Waals surface area contributed by atoms with Gasteiger partial charge in [-0.25, -0.2) is 0 Å². The average molecular weight is 406 g/mol. The Labute approximate surface area is 169 Å². The van der Waals surface area contributed by atoms with Crippen molar-refractivity contribution in [2.24, 2.45) is 0 Å². The summed E-state index contributed by atoms with van der Waals surface area (Å²) < 4.78 is 22.2. The van der Waals surface area contributed by atoms with E-state index in [4.69, 9.17) is 30.5 Å². The Morgan fingerprint density at radius 1 is 1.07 bits per heavy atom. The Kier molecular flexibility index (Phi) is 6.19. The number of aryl methyl sites for hydroxylation is 1. The third-order valence-corrected chi connectivity index (χ3v) is 5.22. The lowest BCUT2D eigenvalue weighted by atomic mass is 9.93. The Balaban J connectivity index is 2.27. The van der Waals surface area contributed by atoms with Gasteiger partial charge < -0.3 is 24.3 Å². The van der Waals surface area contributed by atoms with Gasteiger partial charge in [-0.05, 0) is 47.7 Å². The van der Waals surface area contributed by atoms with Crippen LogP contribution in [0.15, 0.2) is 24.3 Å². The number of carbonyl (C=O) groups excluding carboxylic acids is 1. The summed E-state index contributed by atoms with van der Waals surface area (Å²) in [6.45, 7) is 0. The van der Waals surface area contributed by atoms with E-state index in [0.29, 0.717) is 29.4 Å². The number of amides is 1. The van der Waals surface area contributed by atoms with Crippen molar-refractivity contribution >= 4 is 17.5 Å². The molecule has 1 aliphatic carbocycles. The molecule has 0 saturated heterocycles. The molecule has 3 rings (SSSR count). The van der Waals surface area contributed by atoms with E-state index in [-0.39, 0.29) is 17.8 Å². The zero-order valence-electron chi connectivity index (χ0n) is 16.4. The number of ether oxygens (including phenoxy) is 4. The summed E-state index contributed by atoms with van der Waals surface area (Å²) in [6, 6.07) is 7.58. The highest BCUT2D eigenvalue weighted by Crippen LogP contribution is 2.50. The van der Waals surface area contributed by atoms with Gasteiger partial charge in [-0.2, -0.15) is 0 Å². The molecule has 2 aromatic carbocycles. The van der Waals surface area contributed by atoms with E-state index in [1.165, 1.54) is 0 Å². The molecule has 0 saturated carbocycles. The molecule has 28 heavy (non-hydrogen) atoms. The van der Waals surface area contributed by atoms with E-state index in [1.807, 2.05) is 24.3 Å². The second kappa shape index (κ2) is 8.61. The van der Waals surface area contributed by atoms with Gasteiger partial charge in [0.2, 0.25) is 11.7 Å². The number of hydrogen-bond donors (Lipinski definition) is 1. The molecule has 0 aromatic heterocycles. The molecule has 0 aliphatic heterocycles. The number of hydrogen-bond acceptors (Lipinski definition) is 5. The minimum Gasteiger partial charge on any atom is -0.497 e. The highest BCUT2D eigenvalue weighted by Gasteiger charge is 2.29. The van der Waals surface area contributed by atoms with Gasteiger partial charge in [0.1, 0.15) is 11.6 Å². The predicted octanol–water partition coefficient (Wildman–Crippen LogP) is 3.73. The van der Waals surface area contributed by atoms with Gasteiger partial charge in [0.05, 0.1) is 34.5 Å². The summed E-state index contributed by atoms with van der Waals surface area (Å²) in [5, 5.41) is 3.02. The quantitative estimate of drug-likeness (QED) is 0.742. The SMILES string of the molecule is COc1ccc2c(c1)[C@@H](NC(=O)CCl)CCc1cc(OC)c(OC)c(OC)c1-2. The van der Waals surface area contributed by atoms with E-state index in [0.717, 1.165) is 28.7 Å². The fraction of sp³-hybridized carbons (Fsp3) is 0.381. The second-order valence-electron chi connectivity index (χ2n) is 6.43. The van der Waals surface area contributed by atoms with Crippen LogP contribution in [0.1, 0.15) is 23.6 Å². The van der Waals surface area contributed by atoms with Crippen LogP contribution in [0, 0.1) is 0 Å². The molecule has 7 heteroatoms. The van der Waals surface area contributed by atoms with Crippen LogP contribution in [0.2, 0.25) is 0 Å². The first-order valence-corrected chi connectivity index (χ1v) is 9.46. The van der Waals surface area contributed by atoms with E-state index in [1.54, 1.807) is 28.4 Å².